The lowest BCUT2D eigenvalue weighted by Crippen LogP contribution is -2.05. The lowest BCUT2D eigenvalue weighted by Gasteiger charge is -2.08. The van der Waals surface area contributed by atoms with E-state index in [1.165, 1.54) is 6.33 Å². The van der Waals surface area contributed by atoms with Crippen LogP contribution in [0.4, 0.5) is 5.82 Å². The molecule has 4 nitrogen and oxygen atoms in total. The number of nitrogens with zero attached hydrogens (tertiary/aromatic N) is 2. The molecule has 0 saturated carbocycles. The van der Waals surface area contributed by atoms with Gasteiger partial charge in [-0.15, -0.1) is 0 Å². The highest BCUT2D eigenvalue weighted by Crippen LogP contribution is 2.17. The predicted octanol–water partition coefficient (Wildman–Crippen LogP) is 2.40. The number of rotatable bonds is 7. The molecule has 1 aromatic heterocycles. The number of hydrogen-bond acceptors (Lipinski definition) is 4. The fourth-order valence-electron chi connectivity index (χ4n) is 1.40. The molecule has 0 aliphatic carbocycles. The SMILES string of the molecule is Cc1c(Cl)ncnc1NCCCCCCO. The molecule has 0 aromatic carbocycles. The summed E-state index contributed by atoms with van der Waals surface area (Å²) in [6, 6.07) is 0. The van der Waals surface area contributed by atoms with E-state index in [0.717, 1.165) is 43.6 Å². The monoisotopic (exact) mass is 243 g/mol. The molecule has 1 rings (SSSR count). The van der Waals surface area contributed by atoms with Crippen LogP contribution in [0, 0.1) is 6.92 Å². The topological polar surface area (TPSA) is 58.0 Å². The first kappa shape index (κ1) is 13.2. The molecule has 0 aliphatic heterocycles. The van der Waals surface area contributed by atoms with Crippen molar-refractivity contribution in [2.45, 2.75) is 32.6 Å². The zero-order valence-electron chi connectivity index (χ0n) is 9.54. The first-order valence-corrected chi connectivity index (χ1v) is 5.95. The van der Waals surface area contributed by atoms with E-state index in [4.69, 9.17) is 16.7 Å². The third-order valence-electron chi connectivity index (χ3n) is 2.40. The predicted molar refractivity (Wildman–Crippen MR) is 65.8 cm³/mol. The van der Waals surface area contributed by atoms with E-state index in [1.807, 2.05) is 6.92 Å². The van der Waals surface area contributed by atoms with Crippen LogP contribution in [0.15, 0.2) is 6.33 Å². The standard InChI is InChI=1S/C11H18ClN3O/c1-9-10(12)14-8-15-11(9)13-6-4-2-3-5-7-16/h8,16H,2-7H2,1H3,(H,13,14,15). The Kier molecular flexibility index (Phi) is 6.11. The van der Waals surface area contributed by atoms with Gasteiger partial charge in [-0.1, -0.05) is 24.4 Å². The number of aliphatic hydroxyl groups excluding tert-OH is 1. The summed E-state index contributed by atoms with van der Waals surface area (Å²) in [5.41, 5.74) is 0.888. The van der Waals surface area contributed by atoms with Crippen molar-refractivity contribution in [3.05, 3.63) is 17.0 Å². The zero-order valence-corrected chi connectivity index (χ0v) is 10.3. The molecule has 0 radical (unpaired) electrons. The minimum atomic E-state index is 0.286. The minimum absolute atomic E-state index is 0.286. The summed E-state index contributed by atoms with van der Waals surface area (Å²) in [6.07, 6.45) is 5.61. The fraction of sp³-hybridized carbons (Fsp3) is 0.636. The maximum atomic E-state index is 8.62. The molecule has 0 bridgehead atoms. The smallest absolute Gasteiger partial charge is 0.137 e. The number of unbranched alkanes of at least 4 members (excludes halogenated alkanes) is 3. The first-order chi connectivity index (χ1) is 7.75. The Morgan fingerprint density at radius 3 is 2.75 bits per heavy atom. The molecule has 16 heavy (non-hydrogen) atoms. The van der Waals surface area contributed by atoms with Crippen LogP contribution >= 0.6 is 11.6 Å². The minimum Gasteiger partial charge on any atom is -0.396 e. The van der Waals surface area contributed by atoms with Gasteiger partial charge in [-0.2, -0.15) is 0 Å². The van der Waals surface area contributed by atoms with Gasteiger partial charge in [0.15, 0.2) is 0 Å². The fourth-order valence-corrected chi connectivity index (χ4v) is 1.54. The van der Waals surface area contributed by atoms with Crippen LogP contribution in [0.3, 0.4) is 0 Å². The van der Waals surface area contributed by atoms with Gasteiger partial charge in [-0.25, -0.2) is 9.97 Å². The Morgan fingerprint density at radius 1 is 1.25 bits per heavy atom. The molecule has 1 heterocycles. The van der Waals surface area contributed by atoms with Crippen molar-refractivity contribution in [2.75, 3.05) is 18.5 Å². The largest absolute Gasteiger partial charge is 0.396 e. The Labute approximate surface area is 101 Å². The van der Waals surface area contributed by atoms with Crippen molar-refractivity contribution in [2.24, 2.45) is 0 Å². The van der Waals surface area contributed by atoms with Gasteiger partial charge in [0, 0.05) is 18.7 Å². The van der Waals surface area contributed by atoms with Gasteiger partial charge in [0.1, 0.15) is 17.3 Å². The second-order valence-corrected chi connectivity index (χ2v) is 4.06. The molecule has 0 unspecified atom stereocenters. The average Bonchev–Trinajstić information content (AvgIpc) is 2.29. The van der Waals surface area contributed by atoms with Gasteiger partial charge >= 0.3 is 0 Å². The summed E-state index contributed by atoms with van der Waals surface area (Å²) >= 11 is 5.88. The summed E-state index contributed by atoms with van der Waals surface area (Å²) in [7, 11) is 0. The molecule has 0 amide bonds. The highest BCUT2D eigenvalue weighted by atomic mass is 35.5. The second kappa shape index (κ2) is 7.41. The number of aromatic nitrogens is 2. The van der Waals surface area contributed by atoms with Crippen LogP contribution in [0.25, 0.3) is 0 Å². The number of nitrogens with one attached hydrogen (secondary N) is 1. The molecule has 2 N–H and O–H groups in total. The first-order valence-electron chi connectivity index (χ1n) is 5.57. The van der Waals surface area contributed by atoms with Gasteiger partial charge in [0.05, 0.1) is 0 Å². The molecule has 0 spiro atoms. The summed E-state index contributed by atoms with van der Waals surface area (Å²) in [5.74, 6) is 0.808. The van der Waals surface area contributed by atoms with Gasteiger partial charge < -0.3 is 10.4 Å². The van der Waals surface area contributed by atoms with E-state index in [9.17, 15) is 0 Å². The molecule has 1 aromatic rings. The molecule has 5 heteroatoms. The van der Waals surface area contributed by atoms with Crippen molar-refractivity contribution >= 4 is 17.4 Å². The highest BCUT2D eigenvalue weighted by Gasteiger charge is 2.03. The maximum absolute atomic E-state index is 8.62. The number of anilines is 1. The number of halogens is 1. The summed E-state index contributed by atoms with van der Waals surface area (Å²) in [6.45, 7) is 3.06. The third kappa shape index (κ3) is 4.33. The highest BCUT2D eigenvalue weighted by molar-refractivity contribution is 6.30. The molecule has 0 fully saturated rings. The lowest BCUT2D eigenvalue weighted by atomic mass is 10.2. The second-order valence-electron chi connectivity index (χ2n) is 3.70. The van der Waals surface area contributed by atoms with Crippen molar-refractivity contribution < 1.29 is 5.11 Å². The van der Waals surface area contributed by atoms with Crippen LogP contribution < -0.4 is 5.32 Å². The summed E-state index contributed by atoms with van der Waals surface area (Å²) in [5, 5.41) is 12.4. The van der Waals surface area contributed by atoms with Crippen LogP contribution in [0.5, 0.6) is 0 Å². The molecule has 0 atom stereocenters. The molecular weight excluding hydrogens is 226 g/mol. The van der Waals surface area contributed by atoms with Gasteiger partial charge in [0.2, 0.25) is 0 Å². The Morgan fingerprint density at radius 2 is 2.00 bits per heavy atom. The molecule has 0 aliphatic rings. The van der Waals surface area contributed by atoms with E-state index in [0.29, 0.717) is 5.15 Å². The maximum Gasteiger partial charge on any atom is 0.137 e. The summed E-state index contributed by atoms with van der Waals surface area (Å²) < 4.78 is 0. The Bertz CT molecular complexity index is 320. The van der Waals surface area contributed by atoms with E-state index in [1.54, 1.807) is 0 Å². The van der Waals surface area contributed by atoms with E-state index in [2.05, 4.69) is 15.3 Å². The van der Waals surface area contributed by atoms with Crippen molar-refractivity contribution in [3.8, 4) is 0 Å². The third-order valence-corrected chi connectivity index (χ3v) is 2.78. The van der Waals surface area contributed by atoms with Crippen molar-refractivity contribution in [3.63, 3.8) is 0 Å². The number of hydrogen-bond donors (Lipinski definition) is 2. The van der Waals surface area contributed by atoms with Crippen LogP contribution in [-0.4, -0.2) is 28.2 Å². The van der Waals surface area contributed by atoms with Crippen molar-refractivity contribution in [1.29, 1.82) is 0 Å². The van der Waals surface area contributed by atoms with E-state index >= 15 is 0 Å². The van der Waals surface area contributed by atoms with Crippen molar-refractivity contribution in [1.82, 2.24) is 9.97 Å². The number of aliphatic hydroxyl groups is 1. The van der Waals surface area contributed by atoms with Gasteiger partial charge in [-0.3, -0.25) is 0 Å². The zero-order chi connectivity index (χ0) is 11.8. The molecule has 90 valence electrons. The van der Waals surface area contributed by atoms with Gasteiger partial charge in [-0.05, 0) is 19.8 Å². The Balaban J connectivity index is 2.24. The lowest BCUT2D eigenvalue weighted by molar-refractivity contribution is 0.283. The average molecular weight is 244 g/mol. The van der Waals surface area contributed by atoms with Crippen LogP contribution in [0.2, 0.25) is 5.15 Å². The summed E-state index contributed by atoms with van der Waals surface area (Å²) in [4.78, 5) is 8.02. The van der Waals surface area contributed by atoms with Crippen LogP contribution in [0.1, 0.15) is 31.2 Å². The quantitative estimate of drug-likeness (QED) is 0.570. The normalized spacial score (nSPS) is 10.4. The van der Waals surface area contributed by atoms with Gasteiger partial charge in [0.25, 0.3) is 0 Å². The molecular formula is C11H18ClN3O. The van der Waals surface area contributed by atoms with Crippen LogP contribution in [-0.2, 0) is 0 Å². The van der Waals surface area contributed by atoms with E-state index < -0.39 is 0 Å². The van der Waals surface area contributed by atoms with E-state index in [-0.39, 0.29) is 6.61 Å². The molecule has 0 saturated heterocycles. The Hall–Kier alpha value is -0.870.